The second kappa shape index (κ2) is 6.63. The molecule has 24 heavy (non-hydrogen) atoms. The van der Waals surface area contributed by atoms with Crippen molar-refractivity contribution >= 4 is 17.8 Å². The van der Waals surface area contributed by atoms with Crippen LogP contribution >= 0.6 is 0 Å². The van der Waals surface area contributed by atoms with Gasteiger partial charge in [0.1, 0.15) is 12.6 Å². The molecule has 0 N–H and O–H groups in total. The smallest absolute Gasteiger partial charge is 0.328 e. The molecule has 1 aromatic rings. The van der Waals surface area contributed by atoms with E-state index in [9.17, 15) is 14.4 Å². The Morgan fingerprint density at radius 3 is 2.33 bits per heavy atom. The van der Waals surface area contributed by atoms with Crippen molar-refractivity contribution in [2.45, 2.75) is 38.8 Å². The van der Waals surface area contributed by atoms with Crippen molar-refractivity contribution in [1.82, 2.24) is 14.7 Å². The lowest BCUT2D eigenvalue weighted by atomic mass is 10.0. The zero-order chi connectivity index (χ0) is 17.3. The Morgan fingerprint density at radius 2 is 1.79 bits per heavy atom. The molecule has 1 saturated carbocycles. The maximum atomic E-state index is 13.0. The number of likely N-dealkylation sites (N-methyl/N-ethyl adjacent to an activating group) is 1. The Kier molecular flexibility index (Phi) is 4.55. The van der Waals surface area contributed by atoms with Gasteiger partial charge >= 0.3 is 6.03 Å². The van der Waals surface area contributed by atoms with E-state index in [4.69, 9.17) is 0 Å². The van der Waals surface area contributed by atoms with Crippen LogP contribution in [0.2, 0.25) is 0 Å². The van der Waals surface area contributed by atoms with Gasteiger partial charge in [-0.3, -0.25) is 9.59 Å². The largest absolute Gasteiger partial charge is 0.341 e. The van der Waals surface area contributed by atoms with Crippen molar-refractivity contribution in [2.24, 2.45) is 0 Å². The fraction of sp³-hybridized carbons (Fsp3) is 0.500. The fourth-order valence-corrected chi connectivity index (χ4v) is 3.21. The standard InChI is InChI=1S/C18H23N3O3/c1-3-19(4-2)17(23)16(13-8-6-5-7-9-13)21-15(22)12-20(18(21)24)14-10-11-14/h5-9,14,16H,3-4,10-12H2,1-2H3/t16-/m0/s1. The predicted molar refractivity (Wildman–Crippen MR) is 89.1 cm³/mol. The van der Waals surface area contributed by atoms with Crippen molar-refractivity contribution in [2.75, 3.05) is 19.6 Å². The van der Waals surface area contributed by atoms with Crippen LogP contribution in [0.15, 0.2) is 30.3 Å². The summed E-state index contributed by atoms with van der Waals surface area (Å²) in [5, 5.41) is 0. The predicted octanol–water partition coefficient (Wildman–Crippen LogP) is 2.02. The van der Waals surface area contributed by atoms with Crippen molar-refractivity contribution in [1.29, 1.82) is 0 Å². The van der Waals surface area contributed by atoms with Gasteiger partial charge in [-0.15, -0.1) is 0 Å². The van der Waals surface area contributed by atoms with Gasteiger partial charge in [0.15, 0.2) is 0 Å². The number of imide groups is 1. The van der Waals surface area contributed by atoms with E-state index in [-0.39, 0.29) is 30.4 Å². The quantitative estimate of drug-likeness (QED) is 0.750. The summed E-state index contributed by atoms with van der Waals surface area (Å²) in [5.74, 6) is -0.494. The topological polar surface area (TPSA) is 60.9 Å². The van der Waals surface area contributed by atoms with Gasteiger partial charge in [-0.2, -0.15) is 0 Å². The number of amides is 4. The Labute approximate surface area is 142 Å². The second-order valence-corrected chi connectivity index (χ2v) is 6.23. The molecule has 0 unspecified atom stereocenters. The van der Waals surface area contributed by atoms with Crippen molar-refractivity contribution < 1.29 is 14.4 Å². The SMILES string of the molecule is CCN(CC)C(=O)[C@H](c1ccccc1)N1C(=O)CN(C2CC2)C1=O. The van der Waals surface area contributed by atoms with Gasteiger partial charge < -0.3 is 9.80 Å². The molecule has 0 spiro atoms. The molecule has 1 aliphatic heterocycles. The van der Waals surface area contributed by atoms with Crippen LogP contribution in [0.3, 0.4) is 0 Å². The summed E-state index contributed by atoms with van der Waals surface area (Å²) in [5.41, 5.74) is 0.675. The van der Waals surface area contributed by atoms with Gasteiger partial charge in [-0.25, -0.2) is 9.69 Å². The van der Waals surface area contributed by atoms with E-state index in [0.717, 1.165) is 17.7 Å². The van der Waals surface area contributed by atoms with Crippen LogP contribution < -0.4 is 0 Å². The first kappa shape index (κ1) is 16.5. The summed E-state index contributed by atoms with van der Waals surface area (Å²) >= 11 is 0. The maximum Gasteiger partial charge on any atom is 0.328 e. The Balaban J connectivity index is 1.96. The highest BCUT2D eigenvalue weighted by atomic mass is 16.2. The van der Waals surface area contributed by atoms with Crippen LogP contribution in [0, 0.1) is 0 Å². The summed E-state index contributed by atoms with van der Waals surface area (Å²) in [6.07, 6.45) is 1.87. The first-order valence-corrected chi connectivity index (χ1v) is 8.54. The molecular formula is C18H23N3O3. The summed E-state index contributed by atoms with van der Waals surface area (Å²) < 4.78 is 0. The number of hydrogen-bond acceptors (Lipinski definition) is 3. The average Bonchev–Trinajstić information content (AvgIpc) is 3.39. The van der Waals surface area contributed by atoms with Crippen molar-refractivity contribution in [3.8, 4) is 0 Å². The van der Waals surface area contributed by atoms with Crippen LogP contribution in [-0.4, -0.2) is 58.2 Å². The number of nitrogens with zero attached hydrogens (tertiary/aromatic N) is 3. The molecule has 0 radical (unpaired) electrons. The number of carbonyl (C=O) groups is 3. The summed E-state index contributed by atoms with van der Waals surface area (Å²) in [7, 11) is 0. The van der Waals surface area contributed by atoms with Crippen molar-refractivity contribution in [3.05, 3.63) is 35.9 Å². The molecule has 128 valence electrons. The van der Waals surface area contributed by atoms with Gasteiger partial charge in [0.25, 0.3) is 11.8 Å². The maximum absolute atomic E-state index is 13.0. The number of carbonyl (C=O) groups excluding carboxylic acids is 3. The second-order valence-electron chi connectivity index (χ2n) is 6.23. The van der Waals surface area contributed by atoms with Gasteiger partial charge in [0.05, 0.1) is 0 Å². The molecule has 3 rings (SSSR count). The third-order valence-electron chi connectivity index (χ3n) is 4.70. The molecule has 1 aliphatic carbocycles. The number of hydrogen-bond donors (Lipinski definition) is 0. The van der Waals surface area contributed by atoms with Gasteiger partial charge in [-0.05, 0) is 32.3 Å². The van der Waals surface area contributed by atoms with Crippen LogP contribution in [-0.2, 0) is 9.59 Å². The summed E-state index contributed by atoms with van der Waals surface area (Å²) in [4.78, 5) is 42.8. The van der Waals surface area contributed by atoms with E-state index in [1.807, 2.05) is 32.0 Å². The Bertz CT molecular complexity index is 638. The molecule has 6 nitrogen and oxygen atoms in total. The molecular weight excluding hydrogens is 306 g/mol. The lowest BCUT2D eigenvalue weighted by Gasteiger charge is -2.30. The van der Waals surface area contributed by atoms with Gasteiger partial charge in [0, 0.05) is 19.1 Å². The van der Waals surface area contributed by atoms with Crippen LogP contribution in [0.25, 0.3) is 0 Å². The molecule has 6 heteroatoms. The molecule has 1 aromatic carbocycles. The van der Waals surface area contributed by atoms with Crippen LogP contribution in [0.5, 0.6) is 0 Å². The molecule has 0 bridgehead atoms. The molecule has 4 amide bonds. The van der Waals surface area contributed by atoms with Crippen LogP contribution in [0.4, 0.5) is 4.79 Å². The first-order valence-electron chi connectivity index (χ1n) is 8.54. The first-order chi connectivity index (χ1) is 11.6. The highest BCUT2D eigenvalue weighted by molar-refractivity contribution is 6.06. The highest BCUT2D eigenvalue weighted by Crippen LogP contribution is 2.34. The van der Waals surface area contributed by atoms with Gasteiger partial charge in [-0.1, -0.05) is 30.3 Å². The lowest BCUT2D eigenvalue weighted by molar-refractivity contribution is -0.141. The molecule has 1 heterocycles. The van der Waals surface area contributed by atoms with Crippen LogP contribution in [0.1, 0.15) is 38.3 Å². The zero-order valence-electron chi connectivity index (χ0n) is 14.1. The van der Waals surface area contributed by atoms with E-state index in [2.05, 4.69) is 0 Å². The Morgan fingerprint density at radius 1 is 1.17 bits per heavy atom. The molecule has 2 aliphatic rings. The Hall–Kier alpha value is -2.37. The van der Waals surface area contributed by atoms with E-state index in [1.54, 1.807) is 21.9 Å². The minimum atomic E-state index is -0.880. The lowest BCUT2D eigenvalue weighted by Crippen LogP contribution is -2.46. The highest BCUT2D eigenvalue weighted by Gasteiger charge is 2.48. The summed E-state index contributed by atoms with van der Waals surface area (Å²) in [6.45, 7) is 4.96. The average molecular weight is 329 g/mol. The number of urea groups is 1. The third kappa shape index (κ3) is 2.88. The normalized spacial score (nSPS) is 18.9. The van der Waals surface area contributed by atoms with E-state index >= 15 is 0 Å². The fourth-order valence-electron chi connectivity index (χ4n) is 3.21. The zero-order valence-corrected chi connectivity index (χ0v) is 14.1. The van der Waals surface area contributed by atoms with E-state index in [1.165, 1.54) is 0 Å². The molecule has 1 atom stereocenters. The van der Waals surface area contributed by atoms with Gasteiger partial charge in [0.2, 0.25) is 0 Å². The molecule has 0 aromatic heterocycles. The third-order valence-corrected chi connectivity index (χ3v) is 4.70. The van der Waals surface area contributed by atoms with Crippen molar-refractivity contribution in [3.63, 3.8) is 0 Å². The minimum Gasteiger partial charge on any atom is -0.341 e. The molecule has 1 saturated heterocycles. The van der Waals surface area contributed by atoms with E-state index in [0.29, 0.717) is 18.7 Å². The van der Waals surface area contributed by atoms with E-state index < -0.39 is 6.04 Å². The summed E-state index contributed by atoms with van der Waals surface area (Å²) in [6, 6.07) is 8.03. The number of rotatable bonds is 6. The number of benzene rings is 1. The monoisotopic (exact) mass is 329 g/mol. The molecule has 2 fully saturated rings. The minimum absolute atomic E-state index is 0.0817.